The molecule has 30 heavy (non-hydrogen) atoms. The van der Waals surface area contributed by atoms with Crippen LogP contribution in [0.1, 0.15) is 42.9 Å². The molecule has 0 heterocycles. The van der Waals surface area contributed by atoms with Crippen LogP contribution in [0.5, 0.6) is 5.75 Å². The Kier molecular flexibility index (Phi) is 7.29. The van der Waals surface area contributed by atoms with E-state index in [0.29, 0.717) is 23.8 Å². The molecule has 0 fully saturated rings. The Labute approximate surface area is 172 Å². The summed E-state index contributed by atoms with van der Waals surface area (Å²) in [5, 5.41) is 0.643. The van der Waals surface area contributed by atoms with Gasteiger partial charge in [-0.3, -0.25) is 0 Å². The Bertz CT molecular complexity index is 993. The highest BCUT2D eigenvalue weighted by Crippen LogP contribution is 2.29. The maximum Gasteiger partial charge on any atom is 0.387 e. The molecule has 0 amide bonds. The second-order valence-corrected chi connectivity index (χ2v) is 7.31. The first-order valence-electron chi connectivity index (χ1n) is 10.0. The number of hydrogen-bond donors (Lipinski definition) is 0. The number of unbranched alkanes of at least 4 members (excludes halogenated alkanes) is 2. The van der Waals surface area contributed by atoms with Gasteiger partial charge < -0.3 is 4.74 Å². The fourth-order valence-corrected chi connectivity index (χ4v) is 3.55. The zero-order chi connectivity index (χ0) is 21.7. The van der Waals surface area contributed by atoms with Crippen LogP contribution in [0, 0.1) is 17.5 Å². The van der Waals surface area contributed by atoms with Gasteiger partial charge in [0.25, 0.3) is 0 Å². The molecule has 160 valence electrons. The number of rotatable bonds is 9. The second-order valence-electron chi connectivity index (χ2n) is 7.31. The number of benzene rings is 3. The van der Waals surface area contributed by atoms with E-state index in [1.807, 2.05) is 0 Å². The van der Waals surface area contributed by atoms with Gasteiger partial charge in [-0.25, -0.2) is 13.2 Å². The molecule has 0 atom stereocenters. The van der Waals surface area contributed by atoms with Gasteiger partial charge >= 0.3 is 6.61 Å². The van der Waals surface area contributed by atoms with Gasteiger partial charge in [0, 0.05) is 10.9 Å². The molecule has 0 bridgehead atoms. The van der Waals surface area contributed by atoms with Gasteiger partial charge in [0.1, 0.15) is 11.6 Å². The van der Waals surface area contributed by atoms with Crippen LogP contribution in [0.15, 0.2) is 42.5 Å². The highest BCUT2D eigenvalue weighted by Gasteiger charge is 2.14. The maximum atomic E-state index is 14.4. The molecule has 0 unspecified atom stereocenters. The minimum absolute atomic E-state index is 0.0289. The van der Waals surface area contributed by atoms with E-state index in [-0.39, 0.29) is 17.4 Å². The third-order valence-corrected chi connectivity index (χ3v) is 5.13. The Morgan fingerprint density at radius 2 is 1.53 bits per heavy atom. The number of ether oxygens (including phenoxy) is 1. The van der Waals surface area contributed by atoms with Gasteiger partial charge in [0.05, 0.1) is 0 Å². The average molecular weight is 422 g/mol. The van der Waals surface area contributed by atoms with Crippen molar-refractivity contribution in [3.05, 3.63) is 76.6 Å². The lowest BCUT2D eigenvalue weighted by Gasteiger charge is -2.11. The van der Waals surface area contributed by atoms with Crippen LogP contribution in [0.4, 0.5) is 22.0 Å². The molecule has 0 aliphatic heterocycles. The molecule has 0 aliphatic carbocycles. The standard InChI is InChI=1S/C24H23F5O/c1-2-3-4-5-16-13-20(25)19(21(26)14-16)10-7-15-6-9-18-17(12-15)8-11-22(23(18)27)30-24(28)29/h6,8-9,11-14,24H,2-5,7,10H2,1H3. The fraction of sp³-hybridized carbons (Fsp3) is 0.333. The van der Waals surface area contributed by atoms with Crippen molar-refractivity contribution >= 4 is 10.8 Å². The van der Waals surface area contributed by atoms with Gasteiger partial charge in [-0.1, -0.05) is 44.0 Å². The molecule has 3 rings (SSSR count). The van der Waals surface area contributed by atoms with Gasteiger partial charge in [-0.2, -0.15) is 8.78 Å². The van der Waals surface area contributed by atoms with E-state index in [9.17, 15) is 22.0 Å². The van der Waals surface area contributed by atoms with Crippen LogP contribution in [-0.2, 0) is 19.3 Å². The first kappa shape index (κ1) is 22.1. The molecule has 0 aromatic heterocycles. The molecule has 0 aliphatic rings. The lowest BCUT2D eigenvalue weighted by molar-refractivity contribution is -0.0520. The largest absolute Gasteiger partial charge is 0.432 e. The van der Waals surface area contributed by atoms with E-state index in [1.54, 1.807) is 12.1 Å². The van der Waals surface area contributed by atoms with E-state index in [1.165, 1.54) is 24.3 Å². The van der Waals surface area contributed by atoms with Crippen molar-refractivity contribution < 1.29 is 26.7 Å². The lowest BCUT2D eigenvalue weighted by atomic mass is 9.98. The molecule has 1 nitrogen and oxygen atoms in total. The van der Waals surface area contributed by atoms with Crippen molar-refractivity contribution in [2.24, 2.45) is 0 Å². The van der Waals surface area contributed by atoms with Crippen molar-refractivity contribution in [1.29, 1.82) is 0 Å². The van der Waals surface area contributed by atoms with Gasteiger partial charge in [0.15, 0.2) is 11.6 Å². The summed E-state index contributed by atoms with van der Waals surface area (Å²) in [4.78, 5) is 0. The summed E-state index contributed by atoms with van der Waals surface area (Å²) in [6.45, 7) is -1.04. The number of halogens is 5. The normalized spacial score (nSPS) is 11.4. The smallest absolute Gasteiger partial charge is 0.387 e. The molecule has 0 radical (unpaired) electrons. The summed E-state index contributed by atoms with van der Waals surface area (Å²) in [5.41, 5.74) is 1.45. The van der Waals surface area contributed by atoms with Crippen LogP contribution < -0.4 is 4.74 Å². The van der Waals surface area contributed by atoms with Crippen LogP contribution in [-0.4, -0.2) is 6.61 Å². The molecule has 6 heteroatoms. The van der Waals surface area contributed by atoms with Crippen LogP contribution in [0.25, 0.3) is 10.8 Å². The third kappa shape index (κ3) is 5.29. The van der Waals surface area contributed by atoms with Gasteiger partial charge in [0.2, 0.25) is 0 Å². The summed E-state index contributed by atoms with van der Waals surface area (Å²) < 4.78 is 72.0. The minimum Gasteiger partial charge on any atom is -0.432 e. The molecule has 0 saturated heterocycles. The van der Waals surface area contributed by atoms with Crippen LogP contribution >= 0.6 is 0 Å². The van der Waals surface area contributed by atoms with Gasteiger partial charge in [-0.15, -0.1) is 0 Å². The van der Waals surface area contributed by atoms with E-state index in [2.05, 4.69) is 11.7 Å². The highest BCUT2D eigenvalue weighted by atomic mass is 19.3. The number of aryl methyl sites for hydroxylation is 2. The second kappa shape index (κ2) is 9.92. The van der Waals surface area contributed by atoms with Crippen molar-refractivity contribution in [2.45, 2.75) is 52.1 Å². The van der Waals surface area contributed by atoms with E-state index in [4.69, 9.17) is 0 Å². The molecular formula is C24H23F5O. The first-order valence-corrected chi connectivity index (χ1v) is 10.0. The first-order chi connectivity index (χ1) is 14.4. The summed E-state index contributed by atoms with van der Waals surface area (Å²) in [6, 6.07) is 10.2. The van der Waals surface area contributed by atoms with Crippen molar-refractivity contribution in [3.8, 4) is 5.75 Å². The Hall–Kier alpha value is -2.63. The Morgan fingerprint density at radius 3 is 2.20 bits per heavy atom. The summed E-state index contributed by atoms with van der Waals surface area (Å²) in [7, 11) is 0. The Balaban J connectivity index is 1.74. The molecule has 0 N–H and O–H groups in total. The number of fused-ring (bicyclic) bond motifs is 1. The average Bonchev–Trinajstić information content (AvgIpc) is 2.69. The number of alkyl halides is 2. The van der Waals surface area contributed by atoms with Crippen molar-refractivity contribution in [2.75, 3.05) is 0 Å². The minimum atomic E-state index is -3.11. The van der Waals surface area contributed by atoms with E-state index < -0.39 is 29.8 Å². The molecule has 0 saturated carbocycles. The zero-order valence-corrected chi connectivity index (χ0v) is 16.7. The summed E-state index contributed by atoms with van der Waals surface area (Å²) in [5.74, 6) is -2.49. The molecule has 3 aromatic rings. The zero-order valence-electron chi connectivity index (χ0n) is 16.7. The van der Waals surface area contributed by atoms with Crippen molar-refractivity contribution in [1.82, 2.24) is 0 Å². The number of hydrogen-bond acceptors (Lipinski definition) is 1. The maximum absolute atomic E-state index is 14.4. The van der Waals surface area contributed by atoms with Gasteiger partial charge in [-0.05, 0) is 60.4 Å². The summed E-state index contributed by atoms with van der Waals surface area (Å²) >= 11 is 0. The lowest BCUT2D eigenvalue weighted by Crippen LogP contribution is -2.04. The van der Waals surface area contributed by atoms with Crippen molar-refractivity contribution in [3.63, 3.8) is 0 Å². The molecular weight excluding hydrogens is 399 g/mol. The molecule has 3 aromatic carbocycles. The monoisotopic (exact) mass is 422 g/mol. The van der Waals surface area contributed by atoms with Crippen LogP contribution in [0.3, 0.4) is 0 Å². The predicted molar refractivity (Wildman–Crippen MR) is 108 cm³/mol. The quantitative estimate of drug-likeness (QED) is 0.258. The topological polar surface area (TPSA) is 9.23 Å². The molecule has 0 spiro atoms. The van der Waals surface area contributed by atoms with E-state index >= 15 is 0 Å². The SMILES string of the molecule is CCCCCc1cc(F)c(CCc2ccc3c(F)c(OC(F)F)ccc3c2)c(F)c1. The van der Waals surface area contributed by atoms with Crippen LogP contribution in [0.2, 0.25) is 0 Å². The fourth-order valence-electron chi connectivity index (χ4n) is 3.55. The predicted octanol–water partition coefficient (Wildman–Crippen LogP) is 7.38. The third-order valence-electron chi connectivity index (χ3n) is 5.13. The highest BCUT2D eigenvalue weighted by molar-refractivity contribution is 5.85. The van der Waals surface area contributed by atoms with E-state index in [0.717, 1.165) is 30.9 Å². The summed E-state index contributed by atoms with van der Waals surface area (Å²) in [6.07, 6.45) is 4.12. The Morgan fingerprint density at radius 1 is 0.800 bits per heavy atom.